The van der Waals surface area contributed by atoms with E-state index in [2.05, 4.69) is 47.2 Å². The van der Waals surface area contributed by atoms with Gasteiger partial charge in [-0.1, -0.05) is 56.0 Å². The van der Waals surface area contributed by atoms with E-state index in [4.69, 9.17) is 0 Å². The molecule has 1 aliphatic heterocycles. The molecular weight excluding hydrogens is 296 g/mol. The Morgan fingerprint density at radius 2 is 1.75 bits per heavy atom. The fraction of sp³-hybridized carbons (Fsp3) is 0.667. The fourth-order valence-electron chi connectivity index (χ4n) is 4.36. The molecule has 1 unspecified atom stereocenters. The largest absolute Gasteiger partial charge is 0.342 e. The highest BCUT2D eigenvalue weighted by molar-refractivity contribution is 5.79. The third-order valence-corrected chi connectivity index (χ3v) is 5.82. The van der Waals surface area contributed by atoms with Gasteiger partial charge in [-0.2, -0.15) is 0 Å². The van der Waals surface area contributed by atoms with E-state index in [-0.39, 0.29) is 5.92 Å². The second kappa shape index (κ2) is 8.66. The lowest BCUT2D eigenvalue weighted by Gasteiger charge is -2.36. The number of hydrogen-bond donors (Lipinski definition) is 0. The van der Waals surface area contributed by atoms with Crippen molar-refractivity contribution in [2.45, 2.75) is 64.0 Å². The van der Waals surface area contributed by atoms with Crippen molar-refractivity contribution in [3.05, 3.63) is 35.9 Å². The molecule has 1 saturated heterocycles. The molecule has 1 heterocycles. The van der Waals surface area contributed by atoms with Gasteiger partial charge in [-0.05, 0) is 37.8 Å². The summed E-state index contributed by atoms with van der Waals surface area (Å²) in [5.74, 6) is 0.579. The number of benzene rings is 1. The first kappa shape index (κ1) is 17.5. The molecule has 24 heavy (non-hydrogen) atoms. The minimum Gasteiger partial charge on any atom is -0.342 e. The maximum absolute atomic E-state index is 13.0. The van der Waals surface area contributed by atoms with Gasteiger partial charge in [0.2, 0.25) is 5.91 Å². The van der Waals surface area contributed by atoms with E-state index < -0.39 is 0 Å². The Bertz CT molecular complexity index is 508. The molecule has 2 fully saturated rings. The lowest BCUT2D eigenvalue weighted by atomic mass is 9.95. The summed E-state index contributed by atoms with van der Waals surface area (Å²) in [6.45, 7) is 3.01. The first-order valence-corrected chi connectivity index (χ1v) is 9.77. The number of carbonyl (C=O) groups excluding carboxylic acids is 1. The Balaban J connectivity index is 1.56. The summed E-state index contributed by atoms with van der Waals surface area (Å²) in [5, 5.41) is 0. The monoisotopic (exact) mass is 328 g/mol. The fourth-order valence-corrected chi connectivity index (χ4v) is 4.36. The number of hydrogen-bond acceptors (Lipinski definition) is 2. The van der Waals surface area contributed by atoms with Crippen molar-refractivity contribution in [3.8, 4) is 0 Å². The summed E-state index contributed by atoms with van der Waals surface area (Å²) >= 11 is 0. The van der Waals surface area contributed by atoms with Crippen LogP contribution in [0, 0.1) is 5.92 Å². The van der Waals surface area contributed by atoms with E-state index in [9.17, 15) is 4.79 Å². The van der Waals surface area contributed by atoms with Gasteiger partial charge in [0, 0.05) is 26.2 Å². The molecule has 1 aromatic rings. The van der Waals surface area contributed by atoms with Crippen LogP contribution in [0.3, 0.4) is 0 Å². The Morgan fingerprint density at radius 1 is 1.04 bits per heavy atom. The van der Waals surface area contributed by atoms with E-state index in [0.717, 1.165) is 32.5 Å². The Labute approximate surface area is 147 Å². The molecule has 0 bridgehead atoms. The van der Waals surface area contributed by atoms with Gasteiger partial charge < -0.3 is 4.90 Å². The summed E-state index contributed by atoms with van der Waals surface area (Å²) in [7, 11) is 2.05. The molecule has 1 amide bonds. The highest BCUT2D eigenvalue weighted by atomic mass is 16.2. The predicted octanol–water partition coefficient (Wildman–Crippen LogP) is 4.08. The van der Waals surface area contributed by atoms with Crippen molar-refractivity contribution in [3.63, 3.8) is 0 Å². The van der Waals surface area contributed by atoms with Gasteiger partial charge in [0.25, 0.3) is 0 Å². The second-order valence-electron chi connectivity index (χ2n) is 7.65. The molecule has 0 aromatic heterocycles. The normalized spacial score (nSPS) is 23.6. The van der Waals surface area contributed by atoms with Gasteiger partial charge in [0.1, 0.15) is 0 Å². The van der Waals surface area contributed by atoms with Crippen LogP contribution in [0.5, 0.6) is 0 Å². The molecule has 3 nitrogen and oxygen atoms in total. The van der Waals surface area contributed by atoms with Crippen LogP contribution in [0.2, 0.25) is 0 Å². The van der Waals surface area contributed by atoms with Crippen LogP contribution in [-0.4, -0.2) is 41.9 Å². The standard InChI is InChI=1S/C21H32N2O/c1-22(20-13-7-2-3-8-14-20)21(24)19-12-9-15-23(17-19)16-18-10-5-4-6-11-18/h4-6,10-11,19-20H,2-3,7-9,12-17H2,1H3. The zero-order chi connectivity index (χ0) is 16.8. The number of piperidine rings is 1. The van der Waals surface area contributed by atoms with Crippen molar-refractivity contribution in [2.75, 3.05) is 20.1 Å². The average molecular weight is 329 g/mol. The Kier molecular flexibility index (Phi) is 6.30. The zero-order valence-corrected chi connectivity index (χ0v) is 15.1. The second-order valence-corrected chi connectivity index (χ2v) is 7.65. The Hall–Kier alpha value is -1.35. The molecular formula is C21H32N2O. The first-order chi connectivity index (χ1) is 11.7. The van der Waals surface area contributed by atoms with E-state index in [1.807, 2.05) is 0 Å². The van der Waals surface area contributed by atoms with Crippen molar-refractivity contribution in [1.82, 2.24) is 9.80 Å². The van der Waals surface area contributed by atoms with Crippen LogP contribution in [0.15, 0.2) is 30.3 Å². The van der Waals surface area contributed by atoms with Crippen LogP contribution in [0.1, 0.15) is 56.9 Å². The lowest BCUT2D eigenvalue weighted by Crippen LogP contribution is -2.46. The SMILES string of the molecule is CN(C(=O)C1CCCN(Cc2ccccc2)C1)C1CCCCCC1. The minimum atomic E-state index is 0.190. The highest BCUT2D eigenvalue weighted by Crippen LogP contribution is 2.25. The number of rotatable bonds is 4. The number of likely N-dealkylation sites (tertiary alicyclic amines) is 1. The minimum absolute atomic E-state index is 0.190. The molecule has 1 aromatic carbocycles. The molecule has 0 radical (unpaired) electrons. The van der Waals surface area contributed by atoms with Gasteiger partial charge in [-0.15, -0.1) is 0 Å². The van der Waals surface area contributed by atoms with E-state index in [0.29, 0.717) is 11.9 Å². The van der Waals surface area contributed by atoms with E-state index in [1.54, 1.807) is 0 Å². The van der Waals surface area contributed by atoms with Gasteiger partial charge in [-0.3, -0.25) is 9.69 Å². The van der Waals surface area contributed by atoms with Gasteiger partial charge in [0.05, 0.1) is 5.92 Å². The molecule has 132 valence electrons. The summed E-state index contributed by atoms with van der Waals surface area (Å²) in [6, 6.07) is 11.1. The lowest BCUT2D eigenvalue weighted by molar-refractivity contribution is -0.138. The third-order valence-electron chi connectivity index (χ3n) is 5.82. The topological polar surface area (TPSA) is 23.6 Å². The maximum atomic E-state index is 13.0. The molecule has 0 spiro atoms. The van der Waals surface area contributed by atoms with Crippen LogP contribution in [-0.2, 0) is 11.3 Å². The van der Waals surface area contributed by atoms with Crippen molar-refractivity contribution in [1.29, 1.82) is 0 Å². The van der Waals surface area contributed by atoms with Crippen molar-refractivity contribution < 1.29 is 4.79 Å². The molecule has 0 N–H and O–H groups in total. The molecule has 1 aliphatic carbocycles. The first-order valence-electron chi connectivity index (χ1n) is 9.77. The van der Waals surface area contributed by atoms with E-state index in [1.165, 1.54) is 44.1 Å². The third kappa shape index (κ3) is 4.60. The molecule has 1 saturated carbocycles. The molecule has 3 rings (SSSR count). The summed E-state index contributed by atoms with van der Waals surface area (Å²) < 4.78 is 0. The van der Waals surface area contributed by atoms with Crippen molar-refractivity contribution >= 4 is 5.91 Å². The number of amides is 1. The quantitative estimate of drug-likeness (QED) is 0.778. The van der Waals surface area contributed by atoms with E-state index >= 15 is 0 Å². The average Bonchev–Trinajstić information content (AvgIpc) is 2.91. The molecule has 1 atom stereocenters. The van der Waals surface area contributed by atoms with Crippen LogP contribution in [0.4, 0.5) is 0 Å². The predicted molar refractivity (Wildman–Crippen MR) is 98.7 cm³/mol. The highest BCUT2D eigenvalue weighted by Gasteiger charge is 2.30. The molecule has 3 heteroatoms. The zero-order valence-electron chi connectivity index (χ0n) is 15.1. The summed E-state index contributed by atoms with van der Waals surface area (Å²) in [6.07, 6.45) is 9.84. The number of nitrogens with zero attached hydrogens (tertiary/aromatic N) is 2. The van der Waals surface area contributed by atoms with Gasteiger partial charge in [0.15, 0.2) is 0 Å². The van der Waals surface area contributed by atoms with Gasteiger partial charge >= 0.3 is 0 Å². The van der Waals surface area contributed by atoms with Crippen LogP contribution < -0.4 is 0 Å². The van der Waals surface area contributed by atoms with Gasteiger partial charge in [-0.25, -0.2) is 0 Å². The maximum Gasteiger partial charge on any atom is 0.226 e. The smallest absolute Gasteiger partial charge is 0.226 e. The Morgan fingerprint density at radius 3 is 2.46 bits per heavy atom. The van der Waals surface area contributed by atoms with Crippen LogP contribution >= 0.6 is 0 Å². The molecule has 2 aliphatic rings. The number of carbonyl (C=O) groups is 1. The van der Waals surface area contributed by atoms with Crippen LogP contribution in [0.25, 0.3) is 0 Å². The summed E-state index contributed by atoms with van der Waals surface area (Å²) in [5.41, 5.74) is 1.35. The summed E-state index contributed by atoms with van der Waals surface area (Å²) in [4.78, 5) is 17.6. The van der Waals surface area contributed by atoms with Crippen molar-refractivity contribution in [2.24, 2.45) is 5.92 Å².